The molecule has 0 spiro atoms. The molecule has 3 heterocycles. The Balaban J connectivity index is 1.26. The van der Waals surface area contributed by atoms with E-state index in [0.29, 0.717) is 24.6 Å². The first kappa shape index (κ1) is 20.5. The van der Waals surface area contributed by atoms with Gasteiger partial charge in [-0.3, -0.25) is 9.88 Å². The topological polar surface area (TPSA) is 64.3 Å². The smallest absolute Gasteiger partial charge is 0.372 e. The minimum absolute atomic E-state index is 0.189. The molecule has 0 amide bonds. The van der Waals surface area contributed by atoms with E-state index in [0.717, 1.165) is 43.8 Å². The molecule has 1 aliphatic heterocycles. The van der Waals surface area contributed by atoms with Gasteiger partial charge in [0.1, 0.15) is 0 Å². The van der Waals surface area contributed by atoms with Crippen molar-refractivity contribution in [1.82, 2.24) is 20.0 Å². The van der Waals surface area contributed by atoms with Gasteiger partial charge in [-0.15, -0.1) is 0 Å². The average Bonchev–Trinajstić information content (AvgIpc) is 3.22. The van der Waals surface area contributed by atoms with Gasteiger partial charge in [-0.2, -0.15) is 18.2 Å². The molecule has 1 aliphatic rings. The lowest BCUT2D eigenvalue weighted by molar-refractivity contribution is -0.137. The largest absolute Gasteiger partial charge is 0.416 e. The van der Waals surface area contributed by atoms with Crippen LogP contribution in [-0.4, -0.2) is 39.2 Å². The molecule has 3 aromatic rings. The number of alkyl halides is 3. The van der Waals surface area contributed by atoms with E-state index in [4.69, 9.17) is 9.26 Å². The molecule has 1 aromatic carbocycles. The number of hydrogen-bond donors (Lipinski definition) is 0. The first-order valence-electron chi connectivity index (χ1n) is 9.71. The van der Waals surface area contributed by atoms with Gasteiger partial charge in [-0.1, -0.05) is 23.4 Å². The van der Waals surface area contributed by atoms with Crippen molar-refractivity contribution >= 4 is 0 Å². The first-order valence-corrected chi connectivity index (χ1v) is 9.71. The second-order valence-corrected chi connectivity index (χ2v) is 7.19. The third-order valence-electron chi connectivity index (χ3n) is 5.03. The summed E-state index contributed by atoms with van der Waals surface area (Å²) in [6.45, 7) is 2.68. The molecule has 0 atom stereocenters. The van der Waals surface area contributed by atoms with Gasteiger partial charge in [-0.25, -0.2) is 0 Å². The second-order valence-electron chi connectivity index (χ2n) is 7.19. The van der Waals surface area contributed by atoms with Crippen molar-refractivity contribution in [3.8, 4) is 11.4 Å². The Morgan fingerprint density at radius 2 is 1.83 bits per heavy atom. The van der Waals surface area contributed by atoms with E-state index in [1.807, 2.05) is 18.2 Å². The lowest BCUT2D eigenvalue weighted by atomic mass is 10.1. The Hall–Kier alpha value is -2.78. The summed E-state index contributed by atoms with van der Waals surface area (Å²) >= 11 is 0. The highest BCUT2D eigenvalue weighted by molar-refractivity contribution is 5.54. The molecule has 158 valence electrons. The first-order chi connectivity index (χ1) is 14.5. The molecule has 0 bridgehead atoms. The van der Waals surface area contributed by atoms with E-state index >= 15 is 0 Å². The monoisotopic (exact) mass is 418 g/mol. The molecule has 6 nitrogen and oxygen atoms in total. The van der Waals surface area contributed by atoms with E-state index < -0.39 is 11.7 Å². The van der Waals surface area contributed by atoms with E-state index in [1.54, 1.807) is 6.20 Å². The SMILES string of the molecule is FC(F)(F)c1ccc(-c2noc(CN3CCC(OCc4ccccn4)CC3)n2)cc1. The van der Waals surface area contributed by atoms with E-state index in [-0.39, 0.29) is 11.9 Å². The second kappa shape index (κ2) is 8.93. The lowest BCUT2D eigenvalue weighted by Crippen LogP contribution is -2.36. The molecule has 1 saturated heterocycles. The summed E-state index contributed by atoms with van der Waals surface area (Å²) < 4.78 is 49.3. The molecule has 9 heteroatoms. The molecule has 0 unspecified atom stereocenters. The molecule has 4 rings (SSSR count). The molecule has 0 aliphatic carbocycles. The highest BCUT2D eigenvalue weighted by Gasteiger charge is 2.30. The minimum atomic E-state index is -4.37. The molecular weight excluding hydrogens is 397 g/mol. The number of hydrogen-bond acceptors (Lipinski definition) is 6. The zero-order chi connectivity index (χ0) is 21.0. The zero-order valence-electron chi connectivity index (χ0n) is 16.2. The van der Waals surface area contributed by atoms with Crippen molar-refractivity contribution in [2.24, 2.45) is 0 Å². The van der Waals surface area contributed by atoms with Crippen molar-refractivity contribution in [1.29, 1.82) is 0 Å². The summed E-state index contributed by atoms with van der Waals surface area (Å²) in [5.74, 6) is 0.727. The summed E-state index contributed by atoms with van der Waals surface area (Å²) in [4.78, 5) is 10.8. The van der Waals surface area contributed by atoms with E-state index in [2.05, 4.69) is 20.0 Å². The summed E-state index contributed by atoms with van der Waals surface area (Å²) in [7, 11) is 0. The van der Waals surface area contributed by atoms with E-state index in [1.165, 1.54) is 12.1 Å². The van der Waals surface area contributed by atoms with Crippen LogP contribution in [0.5, 0.6) is 0 Å². The van der Waals surface area contributed by atoms with Gasteiger partial charge in [0.25, 0.3) is 0 Å². The van der Waals surface area contributed by atoms with Crippen LogP contribution in [0, 0.1) is 0 Å². The van der Waals surface area contributed by atoms with Crippen molar-refractivity contribution in [3.63, 3.8) is 0 Å². The predicted molar refractivity (Wildman–Crippen MR) is 102 cm³/mol. The third kappa shape index (κ3) is 5.22. The Labute approximate surface area is 171 Å². The fraction of sp³-hybridized carbons (Fsp3) is 0.381. The molecule has 2 aromatic heterocycles. The fourth-order valence-corrected chi connectivity index (χ4v) is 3.36. The van der Waals surface area contributed by atoms with Crippen LogP contribution in [0.3, 0.4) is 0 Å². The van der Waals surface area contributed by atoms with Crippen LogP contribution in [0.15, 0.2) is 53.2 Å². The number of aromatic nitrogens is 3. The average molecular weight is 418 g/mol. The maximum atomic E-state index is 12.7. The van der Waals surface area contributed by atoms with Crippen molar-refractivity contribution in [2.75, 3.05) is 13.1 Å². The van der Waals surface area contributed by atoms with Gasteiger partial charge in [0, 0.05) is 24.8 Å². The minimum Gasteiger partial charge on any atom is -0.372 e. The Morgan fingerprint density at radius 1 is 1.07 bits per heavy atom. The van der Waals surface area contributed by atoms with Crippen LogP contribution in [-0.2, 0) is 24.1 Å². The number of pyridine rings is 1. The molecule has 0 saturated carbocycles. The predicted octanol–water partition coefficient (Wildman–Crippen LogP) is 4.33. The number of nitrogens with zero attached hydrogens (tertiary/aromatic N) is 4. The van der Waals surface area contributed by atoms with Gasteiger partial charge in [0.2, 0.25) is 11.7 Å². The normalized spacial score (nSPS) is 16.1. The number of piperidine rings is 1. The Morgan fingerprint density at radius 3 is 2.50 bits per heavy atom. The molecule has 0 radical (unpaired) electrons. The van der Waals surface area contributed by atoms with E-state index in [9.17, 15) is 13.2 Å². The highest BCUT2D eigenvalue weighted by atomic mass is 19.4. The van der Waals surface area contributed by atoms with Crippen molar-refractivity contribution < 1.29 is 22.4 Å². The zero-order valence-corrected chi connectivity index (χ0v) is 16.2. The maximum Gasteiger partial charge on any atom is 0.416 e. The summed E-state index contributed by atoms with van der Waals surface area (Å²) in [5.41, 5.74) is 0.698. The number of likely N-dealkylation sites (tertiary alicyclic amines) is 1. The summed E-state index contributed by atoms with van der Waals surface area (Å²) in [5, 5.41) is 3.90. The van der Waals surface area contributed by atoms with Gasteiger partial charge in [0.05, 0.1) is 30.5 Å². The fourth-order valence-electron chi connectivity index (χ4n) is 3.36. The van der Waals surface area contributed by atoms with Crippen molar-refractivity contribution in [2.45, 2.75) is 38.3 Å². The van der Waals surface area contributed by atoms with Crippen LogP contribution >= 0.6 is 0 Å². The standard InChI is InChI=1S/C21H21F3N4O2/c22-21(23,24)16-6-4-15(5-7-16)20-26-19(30-27-20)13-28-11-8-18(9-12-28)29-14-17-3-1-2-10-25-17/h1-7,10,18H,8-9,11-14H2. The third-order valence-corrected chi connectivity index (χ3v) is 5.03. The van der Waals surface area contributed by atoms with Gasteiger partial charge < -0.3 is 9.26 Å². The number of halogens is 3. The number of benzene rings is 1. The van der Waals surface area contributed by atoms with Crippen LogP contribution in [0.25, 0.3) is 11.4 Å². The number of rotatable bonds is 6. The Kier molecular flexibility index (Phi) is 6.10. The molecular formula is C21H21F3N4O2. The summed E-state index contributed by atoms with van der Waals surface area (Å²) in [6.07, 6.45) is -0.632. The lowest BCUT2D eigenvalue weighted by Gasteiger charge is -2.30. The Bertz CT molecular complexity index is 937. The van der Waals surface area contributed by atoms with Gasteiger partial charge in [-0.05, 0) is 37.1 Å². The van der Waals surface area contributed by atoms with Crippen LogP contribution < -0.4 is 0 Å². The quantitative estimate of drug-likeness (QED) is 0.594. The van der Waals surface area contributed by atoms with Crippen LogP contribution in [0.4, 0.5) is 13.2 Å². The van der Waals surface area contributed by atoms with Crippen LogP contribution in [0.1, 0.15) is 30.0 Å². The molecule has 0 N–H and O–H groups in total. The molecule has 30 heavy (non-hydrogen) atoms. The maximum absolute atomic E-state index is 12.7. The number of ether oxygens (including phenoxy) is 1. The molecule has 1 fully saturated rings. The summed E-state index contributed by atoms with van der Waals surface area (Å²) in [6, 6.07) is 10.5. The van der Waals surface area contributed by atoms with Gasteiger partial charge in [0.15, 0.2) is 0 Å². The highest BCUT2D eigenvalue weighted by Crippen LogP contribution is 2.30. The van der Waals surface area contributed by atoms with Gasteiger partial charge >= 0.3 is 6.18 Å². The van der Waals surface area contributed by atoms with Crippen molar-refractivity contribution in [3.05, 3.63) is 65.8 Å². The van der Waals surface area contributed by atoms with Crippen LogP contribution in [0.2, 0.25) is 0 Å².